The highest BCUT2D eigenvalue weighted by molar-refractivity contribution is 5.79. The van der Waals surface area contributed by atoms with Crippen molar-refractivity contribution in [2.24, 2.45) is 11.3 Å². The monoisotopic (exact) mass is 254 g/mol. The number of rotatable bonds is 2. The Morgan fingerprint density at radius 2 is 2.06 bits per heavy atom. The van der Waals surface area contributed by atoms with Crippen LogP contribution >= 0.6 is 0 Å². The molecule has 1 aliphatic rings. The minimum absolute atomic E-state index is 0.400. The second-order valence-corrected chi connectivity index (χ2v) is 5.59. The lowest BCUT2D eigenvalue weighted by atomic mass is 9.71. The summed E-state index contributed by atoms with van der Waals surface area (Å²) in [6, 6.07) is 0. The van der Waals surface area contributed by atoms with E-state index >= 15 is 0 Å². The normalized spacial score (nSPS) is 29.9. The zero-order chi connectivity index (χ0) is 14.1. The topological polar surface area (TPSA) is 55.8 Å². The maximum Gasteiger partial charge on any atom is 0.379 e. The Bertz CT molecular complexity index is 402. The molecule has 4 nitrogen and oxygen atoms in total. The van der Waals surface area contributed by atoms with Crippen molar-refractivity contribution in [3.8, 4) is 0 Å². The highest BCUT2D eigenvalue weighted by Crippen LogP contribution is 2.45. The predicted octanol–water partition coefficient (Wildman–Crippen LogP) is 2.39. The standard InChI is InChI=1S/C14H22O4/c1-9(2)7-11-13(4,5)8-10(3)18-14(11,16)12(15)17-6/h7-8,11,16H,1-6H3/t11-,14-/m0/s1. The molecule has 0 aliphatic carbocycles. The van der Waals surface area contributed by atoms with Crippen molar-refractivity contribution in [1.29, 1.82) is 0 Å². The van der Waals surface area contributed by atoms with Crippen LogP contribution in [0, 0.1) is 11.3 Å². The lowest BCUT2D eigenvalue weighted by Crippen LogP contribution is -2.55. The molecular weight excluding hydrogens is 232 g/mol. The zero-order valence-electron chi connectivity index (χ0n) is 11.9. The molecule has 0 spiro atoms. The van der Waals surface area contributed by atoms with Crippen molar-refractivity contribution in [2.75, 3.05) is 7.11 Å². The van der Waals surface area contributed by atoms with E-state index in [0.717, 1.165) is 5.57 Å². The molecule has 4 heteroatoms. The lowest BCUT2D eigenvalue weighted by molar-refractivity contribution is -0.242. The summed E-state index contributed by atoms with van der Waals surface area (Å²) in [7, 11) is 1.24. The van der Waals surface area contributed by atoms with Gasteiger partial charge in [0.25, 0.3) is 0 Å². The Kier molecular flexibility index (Phi) is 3.91. The van der Waals surface area contributed by atoms with Crippen LogP contribution in [-0.2, 0) is 14.3 Å². The number of methoxy groups -OCH3 is 1. The number of aliphatic hydroxyl groups is 1. The van der Waals surface area contributed by atoms with Gasteiger partial charge in [-0.3, -0.25) is 0 Å². The Balaban J connectivity index is 3.35. The van der Waals surface area contributed by atoms with E-state index in [-0.39, 0.29) is 0 Å². The third-order valence-electron chi connectivity index (χ3n) is 3.09. The first-order chi connectivity index (χ1) is 8.13. The third kappa shape index (κ3) is 2.58. The quantitative estimate of drug-likeness (QED) is 0.607. The van der Waals surface area contributed by atoms with Gasteiger partial charge in [0.2, 0.25) is 0 Å². The highest BCUT2D eigenvalue weighted by Gasteiger charge is 2.55. The van der Waals surface area contributed by atoms with E-state index in [2.05, 4.69) is 4.74 Å². The second kappa shape index (κ2) is 4.76. The smallest absolute Gasteiger partial charge is 0.379 e. The van der Waals surface area contributed by atoms with Crippen LogP contribution in [0.5, 0.6) is 0 Å². The zero-order valence-corrected chi connectivity index (χ0v) is 11.9. The van der Waals surface area contributed by atoms with E-state index in [1.165, 1.54) is 7.11 Å². The van der Waals surface area contributed by atoms with E-state index in [9.17, 15) is 9.90 Å². The van der Waals surface area contributed by atoms with Crippen LogP contribution in [0.15, 0.2) is 23.5 Å². The van der Waals surface area contributed by atoms with Crippen molar-refractivity contribution in [3.05, 3.63) is 23.5 Å². The number of ether oxygens (including phenoxy) is 2. The van der Waals surface area contributed by atoms with Crippen molar-refractivity contribution in [1.82, 2.24) is 0 Å². The maximum absolute atomic E-state index is 11.9. The van der Waals surface area contributed by atoms with Gasteiger partial charge >= 0.3 is 11.8 Å². The summed E-state index contributed by atoms with van der Waals surface area (Å²) in [4.78, 5) is 11.9. The lowest BCUT2D eigenvalue weighted by Gasteiger charge is -2.44. The number of hydrogen-bond acceptors (Lipinski definition) is 4. The van der Waals surface area contributed by atoms with E-state index in [1.807, 2.05) is 39.8 Å². The summed E-state index contributed by atoms with van der Waals surface area (Å²) < 4.78 is 10.0. The Hall–Kier alpha value is -1.29. The molecule has 18 heavy (non-hydrogen) atoms. The number of carbonyl (C=O) groups is 1. The second-order valence-electron chi connectivity index (χ2n) is 5.59. The van der Waals surface area contributed by atoms with Crippen molar-refractivity contribution in [2.45, 2.75) is 40.4 Å². The van der Waals surface area contributed by atoms with Crippen molar-refractivity contribution < 1.29 is 19.4 Å². The molecule has 1 aliphatic heterocycles. The summed E-state index contributed by atoms with van der Waals surface area (Å²) in [6.07, 6.45) is 3.76. The van der Waals surface area contributed by atoms with Gasteiger partial charge in [0.05, 0.1) is 18.8 Å². The van der Waals surface area contributed by atoms with Crippen LogP contribution in [0.4, 0.5) is 0 Å². The molecule has 0 radical (unpaired) electrons. The van der Waals surface area contributed by atoms with Gasteiger partial charge in [-0.05, 0) is 32.3 Å². The Morgan fingerprint density at radius 3 is 2.50 bits per heavy atom. The van der Waals surface area contributed by atoms with Gasteiger partial charge in [-0.25, -0.2) is 4.79 Å². The molecule has 0 amide bonds. The van der Waals surface area contributed by atoms with E-state index in [0.29, 0.717) is 5.76 Å². The summed E-state index contributed by atoms with van der Waals surface area (Å²) >= 11 is 0. The minimum Gasteiger partial charge on any atom is -0.464 e. The Morgan fingerprint density at radius 1 is 1.50 bits per heavy atom. The van der Waals surface area contributed by atoms with Gasteiger partial charge in [-0.2, -0.15) is 0 Å². The van der Waals surface area contributed by atoms with E-state index < -0.39 is 23.1 Å². The molecule has 0 saturated carbocycles. The molecule has 0 aromatic rings. The number of esters is 1. The van der Waals surface area contributed by atoms with Crippen LogP contribution in [0.1, 0.15) is 34.6 Å². The van der Waals surface area contributed by atoms with E-state index in [1.54, 1.807) is 6.92 Å². The maximum atomic E-state index is 11.9. The first-order valence-corrected chi connectivity index (χ1v) is 5.98. The molecule has 0 aromatic heterocycles. The summed E-state index contributed by atoms with van der Waals surface area (Å²) in [6.45, 7) is 9.46. The fourth-order valence-corrected chi connectivity index (χ4v) is 2.43. The van der Waals surface area contributed by atoms with Gasteiger partial charge < -0.3 is 14.6 Å². The number of carbonyl (C=O) groups excluding carboxylic acids is 1. The summed E-state index contributed by atoms with van der Waals surface area (Å²) in [5, 5.41) is 10.6. The fraction of sp³-hybridized carbons (Fsp3) is 0.643. The van der Waals surface area contributed by atoms with Crippen LogP contribution in [0.2, 0.25) is 0 Å². The average Bonchev–Trinajstić information content (AvgIpc) is 2.21. The van der Waals surface area contributed by atoms with Gasteiger partial charge in [-0.15, -0.1) is 0 Å². The minimum atomic E-state index is -1.96. The van der Waals surface area contributed by atoms with Gasteiger partial charge in [0, 0.05) is 0 Å². The fourth-order valence-electron chi connectivity index (χ4n) is 2.43. The molecular formula is C14H22O4. The molecule has 1 N–H and O–H groups in total. The first-order valence-electron chi connectivity index (χ1n) is 5.98. The molecule has 102 valence electrons. The molecule has 1 rings (SSSR count). The third-order valence-corrected chi connectivity index (χ3v) is 3.09. The SMILES string of the molecule is COC(=O)[C@@]1(O)OC(C)=CC(C)(C)[C@@H]1C=C(C)C. The van der Waals surface area contributed by atoms with Crippen LogP contribution in [0.3, 0.4) is 0 Å². The van der Waals surface area contributed by atoms with Gasteiger partial charge in [-0.1, -0.05) is 25.5 Å². The number of hydrogen-bond donors (Lipinski definition) is 1. The molecule has 2 atom stereocenters. The van der Waals surface area contributed by atoms with Crippen molar-refractivity contribution in [3.63, 3.8) is 0 Å². The van der Waals surface area contributed by atoms with Crippen molar-refractivity contribution >= 4 is 5.97 Å². The van der Waals surface area contributed by atoms with E-state index in [4.69, 9.17) is 4.74 Å². The molecule has 0 aromatic carbocycles. The summed E-state index contributed by atoms with van der Waals surface area (Å²) in [5.41, 5.74) is 0.606. The Labute approximate surface area is 108 Å². The van der Waals surface area contributed by atoms with Crippen LogP contribution in [-0.4, -0.2) is 24.0 Å². The van der Waals surface area contributed by atoms with Crippen LogP contribution < -0.4 is 0 Å². The summed E-state index contributed by atoms with van der Waals surface area (Å²) in [5.74, 6) is -2.71. The molecule has 1 heterocycles. The molecule has 0 saturated heterocycles. The highest BCUT2D eigenvalue weighted by atomic mass is 16.7. The first kappa shape index (κ1) is 14.8. The van der Waals surface area contributed by atoms with Crippen LogP contribution in [0.25, 0.3) is 0 Å². The van der Waals surface area contributed by atoms with Gasteiger partial charge in [0.15, 0.2) is 0 Å². The number of allylic oxidation sites excluding steroid dienone is 3. The molecule has 0 unspecified atom stereocenters. The predicted molar refractivity (Wildman–Crippen MR) is 68.5 cm³/mol. The average molecular weight is 254 g/mol. The molecule has 0 bridgehead atoms. The molecule has 0 fully saturated rings. The largest absolute Gasteiger partial charge is 0.464 e. The van der Waals surface area contributed by atoms with Gasteiger partial charge in [0.1, 0.15) is 0 Å².